The number of hydrogen-bond acceptors (Lipinski definition) is 11. The summed E-state index contributed by atoms with van der Waals surface area (Å²) in [6.45, 7) is -0.754. The summed E-state index contributed by atoms with van der Waals surface area (Å²) >= 11 is 0.656. The van der Waals surface area contributed by atoms with Crippen molar-refractivity contribution < 1.29 is 122 Å². The molecule has 0 bridgehead atoms. The van der Waals surface area contributed by atoms with Crippen molar-refractivity contribution in [2.24, 2.45) is 0 Å². The average Bonchev–Trinajstić information content (AvgIpc) is 3.48. The molecule has 436 valence electrons. The molecule has 0 aliphatic carbocycles. The molecule has 0 unspecified atom stereocenters. The molecule has 1 saturated heterocycles. The Morgan fingerprint density at radius 3 is 1.22 bits per heavy atom. The number of thioether (sulfide) groups is 1. The van der Waals surface area contributed by atoms with Gasteiger partial charge in [-0.2, -0.15) is 74.6 Å². The van der Waals surface area contributed by atoms with Gasteiger partial charge in [-0.3, -0.25) is 4.79 Å². The van der Waals surface area contributed by atoms with Crippen LogP contribution in [0.3, 0.4) is 0 Å². The van der Waals surface area contributed by atoms with E-state index in [1.165, 1.54) is 97.1 Å². The number of alkyl halides is 17. The molecule has 6 rings (SSSR count). The van der Waals surface area contributed by atoms with Crippen LogP contribution in [0.15, 0.2) is 150 Å². The molecule has 81 heavy (non-hydrogen) atoms. The van der Waals surface area contributed by atoms with Crippen molar-refractivity contribution in [1.29, 1.82) is 0 Å². The molecule has 11 nitrogen and oxygen atoms in total. The molecule has 5 aromatic carbocycles. The molecule has 1 aliphatic rings. The van der Waals surface area contributed by atoms with Gasteiger partial charge in [0.1, 0.15) is 18.1 Å². The lowest BCUT2D eigenvalue weighted by Gasteiger charge is -2.44. The summed E-state index contributed by atoms with van der Waals surface area (Å²) in [4.78, 5) is 68.3. The van der Waals surface area contributed by atoms with Crippen molar-refractivity contribution >= 4 is 47.2 Å². The Morgan fingerprint density at radius 2 is 0.815 bits per heavy atom. The Balaban J connectivity index is 1.29. The third-order valence-electron chi connectivity index (χ3n) is 12.0. The number of anilines is 1. The molecule has 0 N–H and O–H groups in total. The minimum Gasteiger partial charge on any atom is -0.459 e. The molecule has 0 spiro atoms. The van der Waals surface area contributed by atoms with E-state index in [-0.39, 0.29) is 32.8 Å². The minimum atomic E-state index is -8.81. The summed E-state index contributed by atoms with van der Waals surface area (Å²) in [5, 5.41) is 0. The number of ether oxygens (including phenoxy) is 5. The van der Waals surface area contributed by atoms with Crippen molar-refractivity contribution in [2.45, 2.75) is 95.2 Å². The van der Waals surface area contributed by atoms with Gasteiger partial charge in [-0.25, -0.2) is 19.2 Å². The SMILES string of the molecule is CN(C(=O)CCC(F)(F)C(F)(F)C(F)(F)C(F)(F)C(F)(F)C(F)(F)C(F)(F)C(F)(F)F)c1ccc(S[C@@H]2O[C@H](COC(=O)c3ccccc3)[C@H](OC(=O)c3ccccc3)[C@H](OC(=O)c3ccccc3)[C@H]2OC(=O)c2ccccc2)cc1. The predicted octanol–water partition coefficient (Wildman–Crippen LogP) is 12.8. The number of amides is 1. The van der Waals surface area contributed by atoms with E-state index in [4.69, 9.17) is 23.7 Å². The summed E-state index contributed by atoms with van der Waals surface area (Å²) in [7, 11) is 0.736. The van der Waals surface area contributed by atoms with E-state index in [1.807, 2.05) is 0 Å². The molecule has 1 aliphatic heterocycles. The Kier molecular flexibility index (Phi) is 18.6. The number of halogens is 17. The quantitative estimate of drug-likeness (QED) is 0.0395. The van der Waals surface area contributed by atoms with Crippen LogP contribution in [0.1, 0.15) is 54.3 Å². The average molecular weight is 1190 g/mol. The van der Waals surface area contributed by atoms with Crippen LogP contribution in [0.4, 0.5) is 80.3 Å². The van der Waals surface area contributed by atoms with E-state index in [1.54, 1.807) is 24.3 Å². The molecule has 1 fully saturated rings. The molecule has 1 heterocycles. The highest BCUT2D eigenvalue weighted by Gasteiger charge is 2.95. The van der Waals surface area contributed by atoms with E-state index >= 15 is 0 Å². The third kappa shape index (κ3) is 12.7. The largest absolute Gasteiger partial charge is 0.460 e. The number of nitrogens with zero attached hydrogens (tertiary/aromatic N) is 1. The first-order valence-electron chi connectivity index (χ1n) is 23.0. The van der Waals surface area contributed by atoms with E-state index in [9.17, 15) is 98.6 Å². The first kappa shape index (κ1) is 62.8. The highest BCUT2D eigenvalue weighted by atomic mass is 32.2. The summed E-state index contributed by atoms with van der Waals surface area (Å²) in [6.07, 6.45) is -20.0. The Bertz CT molecular complexity index is 3000. The molecule has 29 heteroatoms. The van der Waals surface area contributed by atoms with E-state index in [0.717, 1.165) is 31.3 Å². The van der Waals surface area contributed by atoms with Crippen LogP contribution in [-0.2, 0) is 28.5 Å². The summed E-state index contributed by atoms with van der Waals surface area (Å²) < 4.78 is 265. The number of esters is 4. The molecule has 1 amide bonds. The van der Waals surface area contributed by atoms with Crippen molar-refractivity contribution in [3.05, 3.63) is 168 Å². The van der Waals surface area contributed by atoms with E-state index in [0.29, 0.717) is 16.7 Å². The Morgan fingerprint density at radius 1 is 0.457 bits per heavy atom. The number of benzene rings is 5. The molecular weight excluding hydrogens is 1150 g/mol. The molecule has 5 atom stereocenters. The molecular formula is C52H38F17NO10S. The standard InChI is InChI=1S/C52H38F17NO10S/c1-70(36(71)26-27-45(53,54)46(55,56)47(57,58)48(59,60)49(61,62)50(63,64)51(65,66)52(67,68)69)33-22-24-34(25-23-33)81-44-39(80-43(75)32-20-12-5-13-21-32)38(79-42(74)31-18-10-4-11-19-31)37(78-41(73)30-16-8-3-9-17-30)35(77-44)28-76-40(72)29-14-6-2-7-15-29/h2-25,35,37-39,44H,26-28H2,1H3/t35-,37+,38+,39-,44+/m1/s1. The fourth-order valence-corrected chi connectivity index (χ4v) is 8.54. The maximum absolute atomic E-state index is 14.8. The zero-order valence-corrected chi connectivity index (χ0v) is 41.5. The number of carbonyl (C=O) groups is 5. The van der Waals surface area contributed by atoms with Gasteiger partial charge in [0.15, 0.2) is 18.3 Å². The second-order valence-electron chi connectivity index (χ2n) is 17.4. The molecule has 0 radical (unpaired) electrons. The second kappa shape index (κ2) is 24.0. The Labute approximate surface area is 450 Å². The lowest BCUT2D eigenvalue weighted by molar-refractivity contribution is -0.461. The van der Waals surface area contributed by atoms with Gasteiger partial charge in [-0.05, 0) is 72.8 Å². The van der Waals surface area contributed by atoms with Crippen molar-refractivity contribution in [1.82, 2.24) is 0 Å². The van der Waals surface area contributed by atoms with Gasteiger partial charge < -0.3 is 28.6 Å². The smallest absolute Gasteiger partial charge is 0.459 e. The zero-order valence-electron chi connectivity index (χ0n) is 40.7. The van der Waals surface area contributed by atoms with E-state index < -0.39 is 127 Å². The summed E-state index contributed by atoms with van der Waals surface area (Å²) in [6, 6.07) is 33.4. The minimum absolute atomic E-state index is 0.0310. The molecule has 0 saturated carbocycles. The van der Waals surface area contributed by atoms with Gasteiger partial charge >= 0.3 is 71.5 Å². The van der Waals surface area contributed by atoms with Crippen molar-refractivity contribution in [2.75, 3.05) is 18.6 Å². The van der Waals surface area contributed by atoms with Crippen LogP contribution < -0.4 is 4.90 Å². The highest BCUT2D eigenvalue weighted by molar-refractivity contribution is 7.99. The van der Waals surface area contributed by atoms with Crippen LogP contribution >= 0.6 is 11.8 Å². The van der Waals surface area contributed by atoms with E-state index in [2.05, 4.69) is 0 Å². The maximum Gasteiger partial charge on any atom is 0.460 e. The van der Waals surface area contributed by atoms with Gasteiger partial charge in [-0.15, -0.1) is 0 Å². The first-order valence-corrected chi connectivity index (χ1v) is 23.9. The fourth-order valence-electron chi connectivity index (χ4n) is 7.43. The lowest BCUT2D eigenvalue weighted by atomic mass is 9.88. The Hall–Kier alpha value is -7.43. The van der Waals surface area contributed by atoms with Crippen LogP contribution in [0.25, 0.3) is 0 Å². The van der Waals surface area contributed by atoms with Crippen LogP contribution in [0.2, 0.25) is 0 Å². The van der Waals surface area contributed by atoms with Gasteiger partial charge in [0.2, 0.25) is 5.91 Å². The second-order valence-corrected chi connectivity index (χ2v) is 18.6. The summed E-state index contributed by atoms with van der Waals surface area (Å²) in [5.41, 5.74) is -2.07. The molecule has 5 aromatic rings. The van der Waals surface area contributed by atoms with Crippen LogP contribution in [0, 0.1) is 0 Å². The van der Waals surface area contributed by atoms with Gasteiger partial charge in [0.25, 0.3) is 0 Å². The number of carbonyl (C=O) groups excluding carboxylic acids is 5. The van der Waals surface area contributed by atoms with Crippen LogP contribution in [-0.4, -0.2) is 121 Å². The van der Waals surface area contributed by atoms with Crippen molar-refractivity contribution in [3.8, 4) is 0 Å². The highest BCUT2D eigenvalue weighted by Crippen LogP contribution is 2.64. The maximum atomic E-state index is 14.8. The van der Waals surface area contributed by atoms with Gasteiger partial charge in [-0.1, -0.05) is 84.6 Å². The number of hydrogen-bond donors (Lipinski definition) is 0. The zero-order chi connectivity index (χ0) is 60.1. The first-order chi connectivity index (χ1) is 37.6. The van der Waals surface area contributed by atoms with Crippen molar-refractivity contribution in [3.63, 3.8) is 0 Å². The van der Waals surface area contributed by atoms with Gasteiger partial charge in [0.05, 0.1) is 22.3 Å². The number of rotatable bonds is 21. The fraction of sp³-hybridized carbons (Fsp3) is 0.327. The van der Waals surface area contributed by atoms with Crippen LogP contribution in [0.5, 0.6) is 0 Å². The summed E-state index contributed by atoms with van der Waals surface area (Å²) in [5.74, 6) is -63.7. The molecule has 0 aromatic heterocycles. The monoisotopic (exact) mass is 1190 g/mol. The topological polar surface area (TPSA) is 135 Å². The normalized spacial score (nSPS) is 18.5. The van der Waals surface area contributed by atoms with Gasteiger partial charge in [0, 0.05) is 30.5 Å². The lowest BCUT2D eigenvalue weighted by Crippen LogP contribution is -2.74. The predicted molar refractivity (Wildman–Crippen MR) is 248 cm³/mol. The third-order valence-corrected chi connectivity index (χ3v) is 13.2.